The Balaban J connectivity index is 2.25. The van der Waals surface area contributed by atoms with Crippen molar-refractivity contribution in [3.63, 3.8) is 0 Å². The average molecular weight is 315 g/mol. The first-order valence-electron chi connectivity index (χ1n) is 6.41. The predicted molar refractivity (Wildman–Crippen MR) is 75.4 cm³/mol. The predicted octanol–water partition coefficient (Wildman–Crippen LogP) is 1.47. The van der Waals surface area contributed by atoms with Crippen molar-refractivity contribution in [2.75, 3.05) is 19.7 Å². The molecule has 2 rings (SSSR count). The number of hydrogen-bond acceptors (Lipinski definition) is 5. The molecule has 7 nitrogen and oxygen atoms in total. The fourth-order valence-corrected chi connectivity index (χ4v) is 2.53. The number of nitrogens with zero attached hydrogens (tertiary/aromatic N) is 2. The first-order chi connectivity index (χ1) is 9.90. The Labute approximate surface area is 126 Å². The van der Waals surface area contributed by atoms with Gasteiger partial charge in [-0.05, 0) is 13.0 Å². The normalized spacial score (nSPS) is 22.1. The van der Waals surface area contributed by atoms with Gasteiger partial charge in [-0.15, -0.1) is 0 Å². The number of morpholine rings is 1. The Morgan fingerprint density at radius 1 is 1.52 bits per heavy atom. The van der Waals surface area contributed by atoms with Crippen LogP contribution in [0.25, 0.3) is 0 Å². The molecule has 114 valence electrons. The summed E-state index contributed by atoms with van der Waals surface area (Å²) in [6.45, 7) is 2.20. The number of nitro groups is 1. The third-order valence-electron chi connectivity index (χ3n) is 3.16. The van der Waals surface area contributed by atoms with Crippen LogP contribution in [0.4, 0.5) is 5.69 Å². The summed E-state index contributed by atoms with van der Waals surface area (Å²) in [5.74, 6) is -0.366. The van der Waals surface area contributed by atoms with Crippen molar-refractivity contribution in [2.45, 2.75) is 19.1 Å². The number of ether oxygens (including phenoxy) is 1. The van der Waals surface area contributed by atoms with Gasteiger partial charge in [-0.2, -0.15) is 0 Å². The zero-order valence-corrected chi connectivity index (χ0v) is 12.1. The molecule has 2 atom stereocenters. The largest absolute Gasteiger partial charge is 0.394 e. The summed E-state index contributed by atoms with van der Waals surface area (Å²) >= 11 is 5.82. The van der Waals surface area contributed by atoms with E-state index in [2.05, 4.69) is 0 Å². The molecule has 2 unspecified atom stereocenters. The maximum Gasteiger partial charge on any atom is 0.271 e. The fraction of sp³-hybridized carbons (Fsp3) is 0.462. The highest BCUT2D eigenvalue weighted by molar-refractivity contribution is 6.31. The van der Waals surface area contributed by atoms with Crippen LogP contribution in [0.5, 0.6) is 0 Å². The summed E-state index contributed by atoms with van der Waals surface area (Å²) < 4.78 is 5.46. The van der Waals surface area contributed by atoms with E-state index in [1.807, 2.05) is 0 Å². The average Bonchev–Trinajstić information content (AvgIpc) is 2.45. The second-order valence-electron chi connectivity index (χ2n) is 4.92. The van der Waals surface area contributed by atoms with Crippen molar-refractivity contribution < 1.29 is 19.6 Å². The van der Waals surface area contributed by atoms with Crippen LogP contribution in [0.15, 0.2) is 18.2 Å². The summed E-state index contributed by atoms with van der Waals surface area (Å²) in [6, 6.07) is 3.78. The van der Waals surface area contributed by atoms with Crippen molar-refractivity contribution in [1.29, 1.82) is 0 Å². The molecule has 1 amide bonds. The Morgan fingerprint density at radius 3 is 2.86 bits per heavy atom. The van der Waals surface area contributed by atoms with E-state index in [-0.39, 0.29) is 41.4 Å². The Bertz CT molecular complexity index is 565. The van der Waals surface area contributed by atoms with Gasteiger partial charge in [-0.1, -0.05) is 11.6 Å². The van der Waals surface area contributed by atoms with Gasteiger partial charge in [0.1, 0.15) is 0 Å². The number of carbonyl (C=O) groups is 1. The van der Waals surface area contributed by atoms with Crippen LogP contribution in [-0.2, 0) is 4.74 Å². The number of hydrogen-bond donors (Lipinski definition) is 1. The molecule has 0 saturated carbocycles. The van der Waals surface area contributed by atoms with Crippen molar-refractivity contribution in [1.82, 2.24) is 4.90 Å². The van der Waals surface area contributed by atoms with Crippen LogP contribution < -0.4 is 0 Å². The number of carbonyl (C=O) groups excluding carboxylic acids is 1. The van der Waals surface area contributed by atoms with Crippen molar-refractivity contribution in [3.8, 4) is 0 Å². The maximum atomic E-state index is 12.4. The van der Waals surface area contributed by atoms with Crippen molar-refractivity contribution >= 4 is 23.2 Å². The number of amides is 1. The monoisotopic (exact) mass is 314 g/mol. The van der Waals surface area contributed by atoms with Gasteiger partial charge in [0.2, 0.25) is 0 Å². The van der Waals surface area contributed by atoms with E-state index in [0.717, 1.165) is 0 Å². The van der Waals surface area contributed by atoms with Crippen LogP contribution in [-0.4, -0.2) is 52.7 Å². The lowest BCUT2D eigenvalue weighted by Gasteiger charge is -2.36. The number of aliphatic hydroxyl groups is 1. The fourth-order valence-electron chi connectivity index (χ4n) is 2.30. The quantitative estimate of drug-likeness (QED) is 0.673. The van der Waals surface area contributed by atoms with E-state index in [0.29, 0.717) is 6.54 Å². The van der Waals surface area contributed by atoms with Crippen LogP contribution in [0.2, 0.25) is 5.02 Å². The van der Waals surface area contributed by atoms with E-state index in [1.54, 1.807) is 6.92 Å². The Kier molecular flexibility index (Phi) is 4.76. The van der Waals surface area contributed by atoms with Gasteiger partial charge >= 0.3 is 0 Å². The second kappa shape index (κ2) is 6.38. The molecule has 1 aromatic carbocycles. The number of nitro benzene ring substituents is 1. The summed E-state index contributed by atoms with van der Waals surface area (Å²) in [6.07, 6.45) is -0.666. The SMILES string of the molecule is CC1CN(C(=O)c2cc(Cl)cc([N+](=O)[O-])c2)CC(CO)O1. The molecule has 0 aliphatic carbocycles. The highest BCUT2D eigenvalue weighted by atomic mass is 35.5. The molecule has 0 radical (unpaired) electrons. The zero-order chi connectivity index (χ0) is 15.6. The van der Waals surface area contributed by atoms with Gasteiger partial charge < -0.3 is 14.7 Å². The summed E-state index contributed by atoms with van der Waals surface area (Å²) in [5.41, 5.74) is -0.0779. The van der Waals surface area contributed by atoms with Gasteiger partial charge in [0, 0.05) is 35.8 Å². The third-order valence-corrected chi connectivity index (χ3v) is 3.38. The smallest absolute Gasteiger partial charge is 0.271 e. The highest BCUT2D eigenvalue weighted by Crippen LogP contribution is 2.23. The summed E-state index contributed by atoms with van der Waals surface area (Å²) in [5, 5.41) is 20.1. The second-order valence-corrected chi connectivity index (χ2v) is 5.35. The first-order valence-corrected chi connectivity index (χ1v) is 6.79. The molecule has 8 heteroatoms. The number of benzene rings is 1. The Morgan fingerprint density at radius 2 is 2.24 bits per heavy atom. The molecular weight excluding hydrogens is 300 g/mol. The highest BCUT2D eigenvalue weighted by Gasteiger charge is 2.29. The molecule has 1 heterocycles. The minimum absolute atomic E-state index is 0.132. The van der Waals surface area contributed by atoms with Crippen molar-refractivity contribution in [3.05, 3.63) is 38.9 Å². The van der Waals surface area contributed by atoms with Gasteiger partial charge in [0.15, 0.2) is 0 Å². The number of rotatable bonds is 3. The molecule has 1 aromatic rings. The lowest BCUT2D eigenvalue weighted by atomic mass is 10.1. The van der Waals surface area contributed by atoms with Crippen LogP contribution >= 0.6 is 11.6 Å². The van der Waals surface area contributed by atoms with Crippen LogP contribution in [0.3, 0.4) is 0 Å². The Hall–Kier alpha value is -1.70. The molecule has 0 spiro atoms. The van der Waals surface area contributed by atoms with E-state index in [4.69, 9.17) is 21.4 Å². The molecule has 1 fully saturated rings. The molecule has 1 N–H and O–H groups in total. The molecule has 0 bridgehead atoms. The molecule has 1 saturated heterocycles. The van der Waals surface area contributed by atoms with Crippen molar-refractivity contribution in [2.24, 2.45) is 0 Å². The minimum Gasteiger partial charge on any atom is -0.394 e. The maximum absolute atomic E-state index is 12.4. The van der Waals surface area contributed by atoms with E-state index >= 15 is 0 Å². The lowest BCUT2D eigenvalue weighted by molar-refractivity contribution is -0.384. The van der Waals surface area contributed by atoms with Gasteiger partial charge in [-0.25, -0.2) is 0 Å². The van der Waals surface area contributed by atoms with E-state index in [9.17, 15) is 14.9 Å². The topological polar surface area (TPSA) is 92.9 Å². The first kappa shape index (κ1) is 15.7. The van der Waals surface area contributed by atoms with Gasteiger partial charge in [0.05, 0.1) is 23.7 Å². The molecular formula is C13H15ClN2O5. The van der Waals surface area contributed by atoms with Crippen LogP contribution in [0, 0.1) is 10.1 Å². The standard InChI is InChI=1S/C13H15ClN2O5/c1-8-5-15(6-12(7-17)21-8)13(18)9-2-10(14)4-11(3-9)16(19)20/h2-4,8,12,17H,5-7H2,1H3. The summed E-state index contributed by atoms with van der Waals surface area (Å²) in [4.78, 5) is 24.2. The van der Waals surface area contributed by atoms with Gasteiger partial charge in [0.25, 0.3) is 11.6 Å². The third kappa shape index (κ3) is 3.69. The number of halogens is 1. The van der Waals surface area contributed by atoms with E-state index in [1.165, 1.54) is 23.1 Å². The summed E-state index contributed by atoms with van der Waals surface area (Å²) in [7, 11) is 0. The number of aliphatic hydroxyl groups excluding tert-OH is 1. The lowest BCUT2D eigenvalue weighted by Crippen LogP contribution is -2.50. The number of non-ortho nitro benzene ring substituents is 1. The zero-order valence-electron chi connectivity index (χ0n) is 11.4. The molecule has 0 aromatic heterocycles. The molecule has 1 aliphatic heterocycles. The molecule has 21 heavy (non-hydrogen) atoms. The van der Waals surface area contributed by atoms with Crippen LogP contribution in [0.1, 0.15) is 17.3 Å². The molecule has 1 aliphatic rings. The minimum atomic E-state index is -0.596. The van der Waals surface area contributed by atoms with E-state index < -0.39 is 11.0 Å². The van der Waals surface area contributed by atoms with Gasteiger partial charge in [-0.3, -0.25) is 14.9 Å².